The summed E-state index contributed by atoms with van der Waals surface area (Å²) in [5.74, 6) is -0.116. The average Bonchev–Trinajstić information content (AvgIpc) is 3.00. The van der Waals surface area contributed by atoms with E-state index in [1.165, 1.54) is 0 Å². The Hall–Kier alpha value is -2.63. The Morgan fingerprint density at radius 1 is 0.571 bits per heavy atom. The number of aromatic nitrogens is 2. The number of halogens is 2. The summed E-state index contributed by atoms with van der Waals surface area (Å²) in [5, 5.41) is 0. The quantitative estimate of drug-likeness (QED) is 0.281. The molecule has 3 nitrogen and oxygen atoms in total. The predicted molar refractivity (Wildman–Crippen MR) is 117 cm³/mol. The monoisotopic (exact) mass is 490 g/mol. The van der Waals surface area contributed by atoms with Gasteiger partial charge < -0.3 is 0 Å². The van der Waals surface area contributed by atoms with Crippen molar-refractivity contribution in [3.05, 3.63) is 93.4 Å². The molecule has 2 aromatic heterocycles. The third-order valence-corrected chi connectivity index (χ3v) is 5.91. The lowest BCUT2D eigenvalue weighted by Gasteiger charge is -2.07. The van der Waals surface area contributed by atoms with Crippen molar-refractivity contribution in [1.82, 2.24) is 9.97 Å². The van der Waals surface area contributed by atoms with Gasteiger partial charge in [0.25, 0.3) is 0 Å². The van der Waals surface area contributed by atoms with Crippen LogP contribution in [0.4, 0.5) is 0 Å². The third-order valence-electron chi connectivity index (χ3n) is 4.85. The Bertz CT molecular complexity index is 1140. The van der Waals surface area contributed by atoms with Gasteiger partial charge in [-0.3, -0.25) is 14.8 Å². The van der Waals surface area contributed by atoms with Crippen LogP contribution in [0.5, 0.6) is 0 Å². The summed E-state index contributed by atoms with van der Waals surface area (Å²) in [7, 11) is 0. The highest BCUT2D eigenvalue weighted by atomic mass is 79.9. The molecule has 5 rings (SSSR count). The molecule has 134 valence electrons. The molecule has 0 radical (unpaired) electrons. The van der Waals surface area contributed by atoms with E-state index < -0.39 is 0 Å². The summed E-state index contributed by atoms with van der Waals surface area (Å²) in [6, 6.07) is 20.2. The van der Waals surface area contributed by atoms with Crippen molar-refractivity contribution in [2.45, 2.75) is 0 Å². The zero-order valence-electron chi connectivity index (χ0n) is 14.5. The summed E-state index contributed by atoms with van der Waals surface area (Å²) >= 11 is 6.92. The van der Waals surface area contributed by atoms with E-state index in [1.54, 1.807) is 12.4 Å². The van der Waals surface area contributed by atoms with Crippen LogP contribution in [0.1, 0.15) is 16.2 Å². The first-order valence-corrected chi connectivity index (χ1v) is 10.3. The highest BCUT2D eigenvalue weighted by Crippen LogP contribution is 2.38. The highest BCUT2D eigenvalue weighted by Gasteiger charge is 2.30. The van der Waals surface area contributed by atoms with Gasteiger partial charge in [0.15, 0.2) is 0 Å². The van der Waals surface area contributed by atoms with Crippen LogP contribution in [0.2, 0.25) is 0 Å². The molecule has 1 aliphatic carbocycles. The van der Waals surface area contributed by atoms with Crippen LogP contribution >= 0.6 is 31.9 Å². The van der Waals surface area contributed by atoms with Crippen molar-refractivity contribution < 1.29 is 4.79 Å². The summed E-state index contributed by atoms with van der Waals surface area (Å²) in [6.45, 7) is 0. The second-order valence-electron chi connectivity index (χ2n) is 6.58. The van der Waals surface area contributed by atoms with Crippen molar-refractivity contribution >= 4 is 37.6 Å². The molecule has 4 aromatic rings. The minimum Gasteiger partial charge on any atom is -0.285 e. The van der Waals surface area contributed by atoms with Crippen LogP contribution in [-0.4, -0.2) is 15.8 Å². The van der Waals surface area contributed by atoms with Gasteiger partial charge in [-0.15, -0.1) is 0 Å². The van der Waals surface area contributed by atoms with Crippen LogP contribution in [0, 0.1) is 0 Å². The second kappa shape index (κ2) is 6.76. The van der Waals surface area contributed by atoms with Crippen LogP contribution in [-0.2, 0) is 0 Å². The lowest BCUT2D eigenvalue weighted by atomic mass is 10.0. The molecule has 0 fully saturated rings. The first-order valence-electron chi connectivity index (χ1n) is 8.67. The van der Waals surface area contributed by atoms with E-state index in [-0.39, 0.29) is 5.78 Å². The summed E-state index contributed by atoms with van der Waals surface area (Å²) in [4.78, 5) is 21.7. The fourth-order valence-electron chi connectivity index (χ4n) is 3.41. The van der Waals surface area contributed by atoms with Crippen LogP contribution in [0.3, 0.4) is 0 Å². The molecule has 0 spiro atoms. The van der Waals surface area contributed by atoms with Crippen LogP contribution in [0.25, 0.3) is 33.4 Å². The number of carbonyl (C=O) groups excluding carboxylic acids is 1. The molecule has 0 aliphatic heterocycles. The Morgan fingerprint density at radius 3 is 1.36 bits per heavy atom. The molecule has 28 heavy (non-hydrogen) atoms. The zero-order chi connectivity index (χ0) is 19.3. The van der Waals surface area contributed by atoms with Gasteiger partial charge in [0.05, 0.1) is 0 Å². The summed E-state index contributed by atoms with van der Waals surface area (Å²) < 4.78 is 2.04. The topological polar surface area (TPSA) is 42.9 Å². The summed E-state index contributed by atoms with van der Waals surface area (Å²) in [6.07, 6.45) is 3.50. The fourth-order valence-corrected chi connectivity index (χ4v) is 3.94. The first-order chi connectivity index (χ1) is 13.6. The van der Waals surface area contributed by atoms with Gasteiger partial charge in [-0.1, -0.05) is 56.1 Å². The SMILES string of the molecule is O=C1c2ncc(-c3ccc(Br)cc3)cc2-c2cc(-c3ccc(Br)cc3)cnc21. The van der Waals surface area contributed by atoms with Crippen LogP contribution < -0.4 is 0 Å². The number of pyridine rings is 2. The number of fused-ring (bicyclic) bond motifs is 3. The largest absolute Gasteiger partial charge is 0.285 e. The number of hydrogen-bond donors (Lipinski definition) is 0. The van der Waals surface area contributed by atoms with Gasteiger partial charge in [0, 0.05) is 43.6 Å². The Balaban J connectivity index is 1.64. The van der Waals surface area contributed by atoms with E-state index in [9.17, 15) is 4.79 Å². The van der Waals surface area contributed by atoms with Gasteiger partial charge in [-0.05, 0) is 47.5 Å². The normalized spacial score (nSPS) is 12.0. The second-order valence-corrected chi connectivity index (χ2v) is 8.41. The van der Waals surface area contributed by atoms with Gasteiger partial charge in [0.1, 0.15) is 11.4 Å². The molecular weight excluding hydrogens is 480 g/mol. The van der Waals surface area contributed by atoms with Gasteiger partial charge in [-0.2, -0.15) is 0 Å². The minimum absolute atomic E-state index is 0.116. The van der Waals surface area contributed by atoms with Gasteiger partial charge in [0.2, 0.25) is 5.78 Å². The molecule has 0 atom stereocenters. The predicted octanol–water partition coefficient (Wildman–Crippen LogP) is 6.55. The number of rotatable bonds is 2. The Kier molecular flexibility index (Phi) is 4.22. The molecule has 0 N–H and O–H groups in total. The minimum atomic E-state index is -0.116. The lowest BCUT2D eigenvalue weighted by molar-refractivity contribution is 0.103. The molecule has 1 aliphatic rings. The molecule has 0 saturated heterocycles. The van der Waals surface area contributed by atoms with Gasteiger partial charge in [-0.25, -0.2) is 0 Å². The molecule has 0 bridgehead atoms. The van der Waals surface area contributed by atoms with E-state index >= 15 is 0 Å². The fraction of sp³-hybridized carbons (Fsp3) is 0. The number of benzene rings is 2. The molecule has 0 unspecified atom stereocenters. The third kappa shape index (κ3) is 2.91. The van der Waals surface area contributed by atoms with Crippen molar-refractivity contribution in [3.8, 4) is 33.4 Å². The number of ketones is 1. The maximum atomic E-state index is 12.7. The highest BCUT2D eigenvalue weighted by molar-refractivity contribution is 9.10. The Morgan fingerprint density at radius 2 is 0.964 bits per heavy atom. The van der Waals surface area contributed by atoms with Gasteiger partial charge >= 0.3 is 0 Å². The smallest absolute Gasteiger partial charge is 0.230 e. The maximum Gasteiger partial charge on any atom is 0.230 e. The van der Waals surface area contributed by atoms with E-state index in [0.717, 1.165) is 42.3 Å². The van der Waals surface area contributed by atoms with E-state index in [2.05, 4.69) is 41.8 Å². The number of carbonyl (C=O) groups is 1. The van der Waals surface area contributed by atoms with E-state index in [1.807, 2.05) is 60.7 Å². The molecule has 0 saturated carbocycles. The molecular formula is C23H12Br2N2O. The maximum absolute atomic E-state index is 12.7. The van der Waals surface area contributed by atoms with Crippen molar-refractivity contribution in [2.75, 3.05) is 0 Å². The average molecular weight is 492 g/mol. The van der Waals surface area contributed by atoms with E-state index in [0.29, 0.717) is 11.4 Å². The van der Waals surface area contributed by atoms with E-state index in [4.69, 9.17) is 0 Å². The number of hydrogen-bond acceptors (Lipinski definition) is 3. The van der Waals surface area contributed by atoms with Crippen LogP contribution in [0.15, 0.2) is 82.0 Å². The molecule has 2 heterocycles. The lowest BCUT2D eigenvalue weighted by Crippen LogP contribution is -2.00. The standard InChI is InChI=1S/C23H12Br2N2O/c24-17-5-1-13(2-6-17)15-9-19-20-10-16(14-3-7-18(25)8-4-14)12-27-22(20)23(28)21(19)26-11-15/h1-12H. The molecule has 2 aromatic carbocycles. The first kappa shape index (κ1) is 17.5. The van der Waals surface area contributed by atoms with Crippen molar-refractivity contribution in [1.29, 1.82) is 0 Å². The Labute approximate surface area is 178 Å². The molecule has 5 heteroatoms. The van der Waals surface area contributed by atoms with Crippen molar-refractivity contribution in [2.24, 2.45) is 0 Å². The number of nitrogens with zero attached hydrogens (tertiary/aromatic N) is 2. The molecule has 0 amide bonds. The zero-order valence-corrected chi connectivity index (χ0v) is 17.7. The summed E-state index contributed by atoms with van der Waals surface area (Å²) in [5.41, 5.74) is 6.67. The van der Waals surface area contributed by atoms with Crippen molar-refractivity contribution in [3.63, 3.8) is 0 Å².